The lowest BCUT2D eigenvalue weighted by Gasteiger charge is -2.27. The number of carbonyl (C=O) groups is 2. The van der Waals surface area contributed by atoms with E-state index in [2.05, 4.69) is 25.2 Å². The zero-order valence-electron chi connectivity index (χ0n) is 16.3. The lowest BCUT2D eigenvalue weighted by molar-refractivity contribution is -0.115. The Morgan fingerprint density at radius 1 is 1.10 bits per heavy atom. The second-order valence-corrected chi connectivity index (χ2v) is 8.26. The van der Waals surface area contributed by atoms with Crippen LogP contribution in [-0.2, 0) is 4.79 Å². The second-order valence-electron chi connectivity index (χ2n) is 7.19. The van der Waals surface area contributed by atoms with Gasteiger partial charge in [-0.05, 0) is 47.4 Å². The minimum Gasteiger partial charge on any atom is -0.459 e. The third-order valence-electron chi connectivity index (χ3n) is 4.88. The molecular formula is C23H22N2O3S. The Bertz CT molecular complexity index is 1010. The fraction of sp³-hybridized carbons (Fsp3) is 0.217. The van der Waals surface area contributed by atoms with Crippen molar-refractivity contribution in [1.29, 1.82) is 0 Å². The van der Waals surface area contributed by atoms with E-state index in [0.29, 0.717) is 17.4 Å². The van der Waals surface area contributed by atoms with Gasteiger partial charge in [-0.2, -0.15) is 0 Å². The first-order valence-corrected chi connectivity index (χ1v) is 10.6. The number of anilines is 2. The molecule has 2 heterocycles. The number of amides is 2. The van der Waals surface area contributed by atoms with Crippen LogP contribution >= 0.6 is 11.8 Å². The molecule has 0 bridgehead atoms. The van der Waals surface area contributed by atoms with Gasteiger partial charge < -0.3 is 9.73 Å². The molecule has 6 heteroatoms. The monoisotopic (exact) mass is 406 g/mol. The van der Waals surface area contributed by atoms with Gasteiger partial charge in [0, 0.05) is 11.4 Å². The molecule has 1 N–H and O–H groups in total. The van der Waals surface area contributed by atoms with E-state index >= 15 is 0 Å². The van der Waals surface area contributed by atoms with Crippen LogP contribution in [0.3, 0.4) is 0 Å². The fourth-order valence-corrected chi connectivity index (χ4v) is 4.63. The molecule has 4 rings (SSSR count). The molecule has 29 heavy (non-hydrogen) atoms. The molecule has 0 spiro atoms. The Hall–Kier alpha value is -2.99. The summed E-state index contributed by atoms with van der Waals surface area (Å²) in [4.78, 5) is 26.7. The van der Waals surface area contributed by atoms with Crippen LogP contribution in [0.25, 0.3) is 0 Å². The predicted molar refractivity (Wildman–Crippen MR) is 116 cm³/mol. The van der Waals surface area contributed by atoms with E-state index in [9.17, 15) is 9.59 Å². The van der Waals surface area contributed by atoms with Gasteiger partial charge in [0.2, 0.25) is 5.91 Å². The molecule has 0 radical (unpaired) electrons. The summed E-state index contributed by atoms with van der Waals surface area (Å²) in [5.74, 6) is 0.865. The number of hydrogen-bond donors (Lipinski definition) is 1. The number of furan rings is 1. The van der Waals surface area contributed by atoms with E-state index in [-0.39, 0.29) is 22.9 Å². The first-order chi connectivity index (χ1) is 14.0. The van der Waals surface area contributed by atoms with Gasteiger partial charge >= 0.3 is 0 Å². The molecule has 5 nitrogen and oxygen atoms in total. The van der Waals surface area contributed by atoms with Crippen molar-refractivity contribution in [3.8, 4) is 0 Å². The Balaban J connectivity index is 1.57. The number of thioether (sulfide) groups is 1. The summed E-state index contributed by atoms with van der Waals surface area (Å²) in [5.41, 5.74) is 3.84. The molecule has 1 aromatic heterocycles. The lowest BCUT2D eigenvalue weighted by atomic mass is 10.00. The van der Waals surface area contributed by atoms with Crippen molar-refractivity contribution in [2.75, 3.05) is 16.0 Å². The summed E-state index contributed by atoms with van der Waals surface area (Å²) in [7, 11) is 0. The SMILES string of the molecule is CC(C)c1ccccc1N1C(=O)CSC1c1ccc(NC(=O)c2ccco2)cc1. The predicted octanol–water partition coefficient (Wildman–Crippen LogP) is 5.43. The fourth-order valence-electron chi connectivity index (χ4n) is 3.46. The molecule has 0 saturated carbocycles. The average Bonchev–Trinajstić information content (AvgIpc) is 3.38. The van der Waals surface area contributed by atoms with Crippen LogP contribution < -0.4 is 10.2 Å². The third kappa shape index (κ3) is 3.93. The summed E-state index contributed by atoms with van der Waals surface area (Å²) in [5, 5.41) is 2.73. The molecule has 1 aliphatic rings. The van der Waals surface area contributed by atoms with Crippen molar-refractivity contribution >= 4 is 35.0 Å². The van der Waals surface area contributed by atoms with Gasteiger partial charge in [-0.15, -0.1) is 11.8 Å². The summed E-state index contributed by atoms with van der Waals surface area (Å²) in [6.07, 6.45) is 1.47. The maximum absolute atomic E-state index is 12.7. The van der Waals surface area contributed by atoms with Gasteiger partial charge in [-0.1, -0.05) is 44.2 Å². The topological polar surface area (TPSA) is 62.6 Å². The summed E-state index contributed by atoms with van der Waals surface area (Å²) >= 11 is 1.62. The third-order valence-corrected chi connectivity index (χ3v) is 6.10. The Kier molecular flexibility index (Phi) is 5.45. The van der Waals surface area contributed by atoms with Crippen molar-refractivity contribution in [2.45, 2.75) is 25.1 Å². The van der Waals surface area contributed by atoms with Gasteiger partial charge in [0.15, 0.2) is 5.76 Å². The van der Waals surface area contributed by atoms with Crippen molar-refractivity contribution in [1.82, 2.24) is 0 Å². The first-order valence-electron chi connectivity index (χ1n) is 9.52. The van der Waals surface area contributed by atoms with E-state index in [1.54, 1.807) is 23.9 Å². The molecule has 3 aromatic rings. The maximum Gasteiger partial charge on any atom is 0.291 e. The summed E-state index contributed by atoms with van der Waals surface area (Å²) in [6, 6.07) is 19.0. The highest BCUT2D eigenvalue weighted by molar-refractivity contribution is 8.00. The number of hydrogen-bond acceptors (Lipinski definition) is 4. The number of para-hydroxylation sites is 1. The normalized spacial score (nSPS) is 16.4. The zero-order chi connectivity index (χ0) is 20.4. The van der Waals surface area contributed by atoms with Crippen molar-refractivity contribution in [3.05, 3.63) is 83.8 Å². The molecule has 1 aliphatic heterocycles. The van der Waals surface area contributed by atoms with Crippen molar-refractivity contribution < 1.29 is 14.0 Å². The molecular weight excluding hydrogens is 384 g/mol. The van der Waals surface area contributed by atoms with Crippen molar-refractivity contribution in [2.24, 2.45) is 0 Å². The quantitative estimate of drug-likeness (QED) is 0.613. The summed E-state index contributed by atoms with van der Waals surface area (Å²) in [6.45, 7) is 4.27. The van der Waals surface area contributed by atoms with E-state index in [1.807, 2.05) is 47.4 Å². The van der Waals surface area contributed by atoms with Gasteiger partial charge in [0.25, 0.3) is 5.91 Å². The second kappa shape index (κ2) is 8.17. The number of carbonyl (C=O) groups excluding carboxylic acids is 2. The van der Waals surface area contributed by atoms with Crippen LogP contribution in [0.4, 0.5) is 11.4 Å². The Labute approximate surface area is 174 Å². The average molecular weight is 407 g/mol. The van der Waals surface area contributed by atoms with Gasteiger partial charge in [0.05, 0.1) is 12.0 Å². The minimum atomic E-state index is -0.291. The summed E-state index contributed by atoms with van der Waals surface area (Å²) < 4.78 is 5.12. The zero-order valence-corrected chi connectivity index (χ0v) is 17.1. The van der Waals surface area contributed by atoms with E-state index in [4.69, 9.17) is 4.42 Å². The van der Waals surface area contributed by atoms with Crippen LogP contribution in [0.15, 0.2) is 71.3 Å². The van der Waals surface area contributed by atoms with Crippen LogP contribution in [0.2, 0.25) is 0 Å². The molecule has 1 atom stereocenters. The molecule has 2 amide bonds. The van der Waals surface area contributed by atoms with Crippen molar-refractivity contribution in [3.63, 3.8) is 0 Å². The van der Waals surface area contributed by atoms with E-state index in [0.717, 1.165) is 16.8 Å². The van der Waals surface area contributed by atoms with Crippen LogP contribution in [-0.4, -0.2) is 17.6 Å². The van der Waals surface area contributed by atoms with Gasteiger partial charge in [0.1, 0.15) is 5.37 Å². The highest BCUT2D eigenvalue weighted by Crippen LogP contribution is 2.44. The molecule has 0 aliphatic carbocycles. The van der Waals surface area contributed by atoms with Crippen LogP contribution in [0, 0.1) is 0 Å². The lowest BCUT2D eigenvalue weighted by Crippen LogP contribution is -2.29. The maximum atomic E-state index is 12.7. The van der Waals surface area contributed by atoms with Crippen LogP contribution in [0.5, 0.6) is 0 Å². The van der Waals surface area contributed by atoms with Gasteiger partial charge in [-0.3, -0.25) is 14.5 Å². The number of nitrogens with zero attached hydrogens (tertiary/aromatic N) is 1. The minimum absolute atomic E-state index is 0.0859. The number of rotatable bonds is 5. The Morgan fingerprint density at radius 3 is 2.55 bits per heavy atom. The highest BCUT2D eigenvalue weighted by atomic mass is 32.2. The molecule has 1 unspecified atom stereocenters. The Morgan fingerprint density at radius 2 is 1.86 bits per heavy atom. The molecule has 2 aromatic carbocycles. The first kappa shape index (κ1) is 19.3. The smallest absolute Gasteiger partial charge is 0.291 e. The van der Waals surface area contributed by atoms with Gasteiger partial charge in [-0.25, -0.2) is 0 Å². The number of nitrogens with one attached hydrogen (secondary N) is 1. The largest absolute Gasteiger partial charge is 0.459 e. The highest BCUT2D eigenvalue weighted by Gasteiger charge is 2.35. The van der Waals surface area contributed by atoms with E-state index < -0.39 is 0 Å². The molecule has 1 saturated heterocycles. The molecule has 148 valence electrons. The molecule has 1 fully saturated rings. The standard InChI is InChI=1S/C23H22N2O3S/c1-15(2)18-6-3-4-7-19(18)25-21(26)14-29-23(25)16-9-11-17(12-10-16)24-22(27)20-8-5-13-28-20/h3-13,15,23H,14H2,1-2H3,(H,24,27). The number of benzene rings is 2. The van der Waals surface area contributed by atoms with Crippen LogP contribution in [0.1, 0.15) is 46.8 Å². The van der Waals surface area contributed by atoms with E-state index in [1.165, 1.54) is 6.26 Å².